The number of hydrogen-bond acceptors (Lipinski definition) is 6. The molecule has 0 bridgehead atoms. The number of carbonyl (C=O) groups excluding carboxylic acids is 1. The van der Waals surface area contributed by atoms with Crippen LogP contribution >= 0.6 is 11.6 Å². The number of hydrogen-bond donors (Lipinski definition) is 1. The molecule has 22 heavy (non-hydrogen) atoms. The van der Waals surface area contributed by atoms with Gasteiger partial charge in [0, 0.05) is 10.4 Å². The van der Waals surface area contributed by atoms with Crippen LogP contribution in [0.25, 0.3) is 10.9 Å². The van der Waals surface area contributed by atoms with Crippen molar-refractivity contribution in [1.29, 1.82) is 0 Å². The van der Waals surface area contributed by atoms with Crippen molar-refractivity contribution in [3.63, 3.8) is 0 Å². The van der Waals surface area contributed by atoms with E-state index in [1.54, 1.807) is 13.0 Å². The Morgan fingerprint density at radius 3 is 2.50 bits per heavy atom. The number of H-pyrrole nitrogens is 1. The number of nitrogens with one attached hydrogen (secondary N) is 1. The molecule has 1 heterocycles. The van der Waals surface area contributed by atoms with E-state index in [-0.39, 0.29) is 5.39 Å². The molecule has 2 rings (SSSR count). The van der Waals surface area contributed by atoms with Crippen LogP contribution in [-0.4, -0.2) is 26.3 Å². The van der Waals surface area contributed by atoms with Crippen LogP contribution in [0.15, 0.2) is 16.9 Å². The Bertz CT molecular complexity index is 932. The lowest BCUT2D eigenvalue weighted by Gasteiger charge is -2.12. The number of aromatic nitrogens is 1. The molecule has 0 unspecified atom stereocenters. The van der Waals surface area contributed by atoms with Gasteiger partial charge in [0.05, 0.1) is 12.6 Å². The third-order valence-corrected chi connectivity index (χ3v) is 3.98. The van der Waals surface area contributed by atoms with Crippen LogP contribution in [0.2, 0.25) is 5.02 Å². The van der Waals surface area contributed by atoms with Gasteiger partial charge in [0.15, 0.2) is 11.5 Å². The maximum Gasteiger partial charge on any atom is 0.448 e. The monoisotopic (exact) mass is 345 g/mol. The molecule has 1 aromatic carbocycles. The van der Waals surface area contributed by atoms with Crippen molar-refractivity contribution in [1.82, 2.24) is 4.98 Å². The van der Waals surface area contributed by atoms with Crippen LogP contribution in [0.1, 0.15) is 22.8 Å². The number of pyridine rings is 1. The second-order valence-corrected chi connectivity index (χ2v) is 6.27. The number of aromatic amines is 1. The summed E-state index contributed by atoms with van der Waals surface area (Å²) in [4.78, 5) is 26.3. The summed E-state index contributed by atoms with van der Waals surface area (Å²) in [6.07, 6.45) is 0. The maximum absolute atomic E-state index is 12.1. The highest BCUT2D eigenvalue weighted by Crippen LogP contribution is 2.32. The Morgan fingerprint density at radius 1 is 1.32 bits per heavy atom. The molecule has 1 aromatic heterocycles. The smallest absolute Gasteiger partial charge is 0.360 e. The van der Waals surface area contributed by atoms with Crippen LogP contribution in [0, 0.1) is 6.92 Å². The lowest BCUT2D eigenvalue weighted by molar-refractivity contribution is 0.101. The van der Waals surface area contributed by atoms with E-state index >= 15 is 0 Å². The van der Waals surface area contributed by atoms with Crippen LogP contribution in [0.3, 0.4) is 0 Å². The highest BCUT2D eigenvalue weighted by atomic mass is 35.5. The molecule has 0 atom stereocenters. The average molecular weight is 346 g/mol. The summed E-state index contributed by atoms with van der Waals surface area (Å²) in [5, 5.41) is 0.488. The number of fused-ring (bicyclic) bond motifs is 1. The molecule has 0 aliphatic rings. The second kappa shape index (κ2) is 5.71. The molecule has 0 radical (unpaired) electrons. The van der Waals surface area contributed by atoms with Crippen molar-refractivity contribution in [3.8, 4) is 5.75 Å². The Labute approximate surface area is 131 Å². The van der Waals surface area contributed by atoms with E-state index in [1.807, 2.05) is 0 Å². The van der Waals surface area contributed by atoms with Crippen LogP contribution in [0.4, 0.5) is 0 Å². The van der Waals surface area contributed by atoms with Crippen molar-refractivity contribution >= 4 is 38.7 Å². The summed E-state index contributed by atoms with van der Waals surface area (Å²) in [6.45, 7) is 2.80. The van der Waals surface area contributed by atoms with E-state index in [2.05, 4.69) is 9.17 Å². The van der Waals surface area contributed by atoms with Crippen LogP contribution in [-0.2, 0) is 14.6 Å². The van der Waals surface area contributed by atoms with Gasteiger partial charge in [0.25, 0.3) is 5.56 Å². The van der Waals surface area contributed by atoms with Crippen molar-refractivity contribution < 1.29 is 21.6 Å². The van der Waals surface area contributed by atoms with Gasteiger partial charge in [0.1, 0.15) is 5.56 Å². The summed E-state index contributed by atoms with van der Waals surface area (Å²) in [6, 6.07) is 2.98. The Hall–Kier alpha value is -1.90. The first kappa shape index (κ1) is 16.5. The Kier molecular flexibility index (Phi) is 4.28. The van der Waals surface area contributed by atoms with Gasteiger partial charge in [-0.1, -0.05) is 11.6 Å². The first-order chi connectivity index (χ1) is 10.2. The number of halogens is 1. The normalized spacial score (nSPS) is 11.6. The van der Waals surface area contributed by atoms with Crippen molar-refractivity contribution in [2.45, 2.75) is 13.8 Å². The van der Waals surface area contributed by atoms with Gasteiger partial charge in [-0.05, 0) is 31.5 Å². The molecule has 7 nitrogen and oxygen atoms in total. The molecule has 0 saturated carbocycles. The fourth-order valence-corrected chi connectivity index (χ4v) is 2.76. The molecular weight excluding hydrogens is 334 g/mol. The predicted molar refractivity (Wildman–Crippen MR) is 80.9 cm³/mol. The van der Waals surface area contributed by atoms with Gasteiger partial charge in [-0.2, -0.15) is 8.42 Å². The van der Waals surface area contributed by atoms with Crippen LogP contribution in [0.5, 0.6) is 5.75 Å². The minimum absolute atomic E-state index is 0.190. The molecule has 0 spiro atoms. The SMILES string of the molecule is COS(=O)(=O)Oc1c(C(C)=O)c(=O)[nH]c2c(C)cc(Cl)cc12. The molecule has 0 fully saturated rings. The zero-order valence-corrected chi connectivity index (χ0v) is 13.5. The molecular formula is C13H12ClNO6S. The summed E-state index contributed by atoms with van der Waals surface area (Å²) in [5.74, 6) is -1.05. The average Bonchev–Trinajstić information content (AvgIpc) is 2.39. The molecule has 0 amide bonds. The van der Waals surface area contributed by atoms with E-state index in [0.29, 0.717) is 16.1 Å². The summed E-state index contributed by atoms with van der Waals surface area (Å²) in [7, 11) is -3.51. The first-order valence-electron chi connectivity index (χ1n) is 6.03. The molecule has 0 aliphatic heterocycles. The number of Topliss-reactive ketones (excluding diaryl/α,β-unsaturated/α-hetero) is 1. The zero-order chi connectivity index (χ0) is 16.7. The second-order valence-electron chi connectivity index (χ2n) is 4.52. The standard InChI is InChI=1S/C13H12ClNO6S/c1-6-4-8(14)5-9-11(6)15-13(17)10(7(2)16)12(9)21-22(18,19)20-3/h4-5H,1-3H3,(H,15,17). The summed E-state index contributed by atoms with van der Waals surface area (Å²) < 4.78 is 32.2. The Morgan fingerprint density at radius 2 is 1.95 bits per heavy atom. The van der Waals surface area contributed by atoms with Gasteiger partial charge < -0.3 is 9.17 Å². The molecule has 0 aliphatic carbocycles. The molecule has 9 heteroatoms. The predicted octanol–water partition coefficient (Wildman–Crippen LogP) is 1.96. The lowest BCUT2D eigenvalue weighted by Crippen LogP contribution is -2.21. The number of rotatable bonds is 4. The fourth-order valence-electron chi connectivity index (χ4n) is 2.04. The van der Waals surface area contributed by atoms with Crippen molar-refractivity contribution in [2.24, 2.45) is 0 Å². The minimum atomic E-state index is -4.41. The first-order valence-corrected chi connectivity index (χ1v) is 7.74. The van der Waals surface area contributed by atoms with Gasteiger partial charge in [0.2, 0.25) is 0 Å². The van der Waals surface area contributed by atoms with Gasteiger partial charge in [-0.3, -0.25) is 9.59 Å². The number of carbonyl (C=O) groups is 1. The van der Waals surface area contributed by atoms with Crippen LogP contribution < -0.4 is 9.74 Å². The number of ketones is 1. The molecule has 2 aromatic rings. The summed E-state index contributed by atoms with van der Waals surface area (Å²) in [5.41, 5.74) is -0.267. The zero-order valence-electron chi connectivity index (χ0n) is 11.9. The topological polar surface area (TPSA) is 103 Å². The van der Waals surface area contributed by atoms with E-state index < -0.39 is 33.1 Å². The molecule has 118 valence electrons. The van der Waals surface area contributed by atoms with Gasteiger partial charge >= 0.3 is 10.4 Å². The quantitative estimate of drug-likeness (QED) is 0.850. The van der Waals surface area contributed by atoms with Crippen molar-refractivity contribution in [2.75, 3.05) is 7.11 Å². The highest BCUT2D eigenvalue weighted by Gasteiger charge is 2.24. The lowest BCUT2D eigenvalue weighted by atomic mass is 10.1. The molecule has 0 saturated heterocycles. The number of benzene rings is 1. The largest absolute Gasteiger partial charge is 0.448 e. The van der Waals surface area contributed by atoms with Gasteiger partial charge in [-0.25, -0.2) is 4.18 Å². The van der Waals surface area contributed by atoms with Gasteiger partial charge in [-0.15, -0.1) is 0 Å². The number of aryl methyl sites for hydroxylation is 1. The van der Waals surface area contributed by atoms with E-state index in [0.717, 1.165) is 14.0 Å². The third kappa shape index (κ3) is 2.99. The Balaban J connectivity index is 2.98. The van der Waals surface area contributed by atoms with E-state index in [9.17, 15) is 18.0 Å². The van der Waals surface area contributed by atoms with E-state index in [1.165, 1.54) is 6.07 Å². The fraction of sp³-hybridized carbons (Fsp3) is 0.231. The van der Waals surface area contributed by atoms with E-state index in [4.69, 9.17) is 15.8 Å². The highest BCUT2D eigenvalue weighted by molar-refractivity contribution is 7.82. The minimum Gasteiger partial charge on any atom is -0.360 e. The van der Waals surface area contributed by atoms with Crippen molar-refractivity contribution in [3.05, 3.63) is 38.6 Å². The summed E-state index contributed by atoms with van der Waals surface area (Å²) >= 11 is 5.96. The molecule has 1 N–H and O–H groups in total. The third-order valence-electron chi connectivity index (χ3n) is 2.98. The maximum atomic E-state index is 12.1.